The fraction of sp³-hybridized carbons (Fsp3) is 0.0909. The number of thioether (sulfide) groups is 1. The van der Waals surface area contributed by atoms with Crippen molar-refractivity contribution in [1.82, 2.24) is 0 Å². The second-order valence-electron chi connectivity index (χ2n) is 12.3. The number of hydrogen-bond acceptors (Lipinski definition) is 5. The Labute approximate surface area is 294 Å². The number of rotatable bonds is 9. The van der Waals surface area contributed by atoms with Gasteiger partial charge in [-0.25, -0.2) is 0 Å². The van der Waals surface area contributed by atoms with Crippen LogP contribution in [0.2, 0.25) is 0 Å². The Morgan fingerprint density at radius 1 is 0.408 bits per heavy atom. The molecule has 0 fully saturated rings. The Balaban J connectivity index is 1.62. The van der Waals surface area contributed by atoms with Crippen molar-refractivity contribution in [2.75, 3.05) is 20.5 Å². The number of hydrogen-bond donors (Lipinski definition) is 1. The Morgan fingerprint density at radius 2 is 0.755 bits per heavy atom. The molecular formula is C44H40N4S. The molecule has 0 radical (unpaired) electrons. The van der Waals surface area contributed by atoms with Crippen LogP contribution in [0.4, 0.5) is 34.1 Å². The SMILES string of the molecule is Cc1cccc(N(C2=C(N(c3ccccc3)c3cccc(C)c3)C(N(c3ccccc3)c3cccc(C)c3)=C(N)SC2)c2ccccc2)c1. The molecule has 49 heavy (non-hydrogen) atoms. The zero-order valence-corrected chi connectivity index (χ0v) is 28.9. The molecule has 0 aliphatic carbocycles. The largest absolute Gasteiger partial charge is 0.392 e. The lowest BCUT2D eigenvalue weighted by Gasteiger charge is -2.42. The molecule has 0 saturated carbocycles. The first-order valence-electron chi connectivity index (χ1n) is 16.6. The van der Waals surface area contributed by atoms with E-state index in [1.165, 1.54) is 16.7 Å². The Bertz CT molecular complexity index is 2120. The van der Waals surface area contributed by atoms with Crippen LogP contribution in [0.3, 0.4) is 0 Å². The van der Waals surface area contributed by atoms with Gasteiger partial charge in [0.25, 0.3) is 0 Å². The maximum atomic E-state index is 7.29. The van der Waals surface area contributed by atoms with Gasteiger partial charge in [0.2, 0.25) is 0 Å². The molecule has 7 rings (SSSR count). The summed E-state index contributed by atoms with van der Waals surface area (Å²) in [6.45, 7) is 6.44. The highest BCUT2D eigenvalue weighted by atomic mass is 32.2. The predicted molar refractivity (Wildman–Crippen MR) is 210 cm³/mol. The van der Waals surface area contributed by atoms with Gasteiger partial charge in [0.15, 0.2) is 0 Å². The molecule has 1 heterocycles. The van der Waals surface area contributed by atoms with Crippen LogP contribution in [-0.4, -0.2) is 5.75 Å². The molecule has 0 bridgehead atoms. The van der Waals surface area contributed by atoms with Gasteiger partial charge in [0, 0.05) is 39.9 Å². The maximum Gasteiger partial charge on any atom is 0.102 e. The fourth-order valence-electron chi connectivity index (χ4n) is 6.47. The van der Waals surface area contributed by atoms with Crippen LogP contribution in [0, 0.1) is 20.8 Å². The van der Waals surface area contributed by atoms with Crippen molar-refractivity contribution < 1.29 is 0 Å². The molecule has 0 aromatic heterocycles. The van der Waals surface area contributed by atoms with Gasteiger partial charge in [-0.2, -0.15) is 0 Å². The van der Waals surface area contributed by atoms with Crippen molar-refractivity contribution in [3.05, 3.63) is 203 Å². The van der Waals surface area contributed by atoms with Gasteiger partial charge >= 0.3 is 0 Å². The van der Waals surface area contributed by atoms with E-state index in [2.05, 4.69) is 199 Å². The van der Waals surface area contributed by atoms with E-state index in [0.29, 0.717) is 5.75 Å². The Hall–Kier alpha value is -5.65. The van der Waals surface area contributed by atoms with E-state index in [4.69, 9.17) is 5.73 Å². The summed E-state index contributed by atoms with van der Waals surface area (Å²) in [5, 5.41) is 0.759. The third kappa shape index (κ3) is 6.71. The van der Waals surface area contributed by atoms with E-state index in [9.17, 15) is 0 Å². The zero-order valence-electron chi connectivity index (χ0n) is 28.1. The van der Waals surface area contributed by atoms with Crippen molar-refractivity contribution in [3.8, 4) is 0 Å². The minimum absolute atomic E-state index is 0.666. The highest BCUT2D eigenvalue weighted by Gasteiger charge is 2.36. The highest BCUT2D eigenvalue weighted by molar-refractivity contribution is 8.03. The first-order valence-corrected chi connectivity index (χ1v) is 17.6. The van der Waals surface area contributed by atoms with E-state index in [1.54, 1.807) is 11.8 Å². The van der Waals surface area contributed by atoms with Crippen molar-refractivity contribution >= 4 is 45.9 Å². The van der Waals surface area contributed by atoms with Crippen LogP contribution in [-0.2, 0) is 0 Å². The molecule has 1 aliphatic rings. The molecule has 6 aromatic carbocycles. The average molecular weight is 657 g/mol. The topological polar surface area (TPSA) is 35.7 Å². The van der Waals surface area contributed by atoms with Gasteiger partial charge < -0.3 is 20.4 Å². The zero-order chi connectivity index (χ0) is 33.7. The monoisotopic (exact) mass is 656 g/mol. The number of nitrogens with two attached hydrogens (primary N) is 1. The molecule has 6 aromatic rings. The third-order valence-corrected chi connectivity index (χ3v) is 9.56. The lowest BCUT2D eigenvalue weighted by atomic mass is 10.1. The van der Waals surface area contributed by atoms with Crippen LogP contribution in [0.5, 0.6) is 0 Å². The van der Waals surface area contributed by atoms with Crippen molar-refractivity contribution in [2.45, 2.75) is 20.8 Å². The molecule has 5 heteroatoms. The lowest BCUT2D eigenvalue weighted by molar-refractivity contribution is 1.00. The molecule has 0 unspecified atom stereocenters. The van der Waals surface area contributed by atoms with Crippen molar-refractivity contribution in [2.24, 2.45) is 5.73 Å². The summed E-state index contributed by atoms with van der Waals surface area (Å²) in [4.78, 5) is 7.13. The Morgan fingerprint density at radius 3 is 1.16 bits per heavy atom. The van der Waals surface area contributed by atoms with E-state index in [1.807, 2.05) is 0 Å². The number of nitrogens with zero attached hydrogens (tertiary/aromatic N) is 3. The number of aryl methyl sites for hydroxylation is 3. The smallest absolute Gasteiger partial charge is 0.102 e. The van der Waals surface area contributed by atoms with E-state index < -0.39 is 0 Å². The minimum Gasteiger partial charge on any atom is -0.392 e. The van der Waals surface area contributed by atoms with Crippen molar-refractivity contribution in [1.29, 1.82) is 0 Å². The standard InChI is InChI=1S/C44H40N4S/c1-32-16-13-25-38(28-32)46(35-19-7-4-8-20-35)41-31-49-44(45)43(48(37-23-11-6-12-24-37)40-27-15-18-34(3)30-40)42(41)47(36-21-9-5-10-22-36)39-26-14-17-33(2)29-39/h4-30H,31,45H2,1-3H3. The van der Waals surface area contributed by atoms with Crippen LogP contribution in [0.15, 0.2) is 186 Å². The number of para-hydroxylation sites is 3. The fourth-order valence-corrected chi connectivity index (χ4v) is 7.35. The Kier molecular flexibility index (Phi) is 9.27. The van der Waals surface area contributed by atoms with E-state index in [-0.39, 0.29) is 0 Å². The van der Waals surface area contributed by atoms with Crippen LogP contribution >= 0.6 is 11.8 Å². The highest BCUT2D eigenvalue weighted by Crippen LogP contribution is 2.48. The quantitative estimate of drug-likeness (QED) is 0.168. The molecule has 0 amide bonds. The summed E-state index contributed by atoms with van der Waals surface area (Å²) in [5.74, 6) is 0.666. The molecule has 2 N–H and O–H groups in total. The summed E-state index contributed by atoms with van der Waals surface area (Å²) in [6.07, 6.45) is 0. The molecule has 0 saturated heterocycles. The normalized spacial score (nSPS) is 13.0. The average Bonchev–Trinajstić information content (AvgIpc) is 3.12. The molecule has 0 atom stereocenters. The molecule has 0 spiro atoms. The van der Waals surface area contributed by atoms with Crippen LogP contribution in [0.25, 0.3) is 0 Å². The van der Waals surface area contributed by atoms with Gasteiger partial charge in [0.1, 0.15) is 5.70 Å². The summed E-state index contributed by atoms with van der Waals surface area (Å²) in [6, 6.07) is 58.0. The molecule has 242 valence electrons. The second kappa shape index (κ2) is 14.2. The van der Waals surface area contributed by atoms with Gasteiger partial charge in [-0.3, -0.25) is 0 Å². The molecule has 1 aliphatic heterocycles. The van der Waals surface area contributed by atoms with Gasteiger partial charge in [0.05, 0.1) is 16.4 Å². The predicted octanol–water partition coefficient (Wildman–Crippen LogP) is 11.5. The summed E-state index contributed by atoms with van der Waals surface area (Å²) in [5.41, 5.74) is 20.3. The maximum absolute atomic E-state index is 7.29. The van der Waals surface area contributed by atoms with Crippen LogP contribution < -0.4 is 20.4 Å². The van der Waals surface area contributed by atoms with Crippen LogP contribution in [0.1, 0.15) is 16.7 Å². The van der Waals surface area contributed by atoms with Gasteiger partial charge in [-0.05, 0) is 110 Å². The summed E-state index contributed by atoms with van der Waals surface area (Å²) < 4.78 is 0. The number of benzene rings is 6. The van der Waals surface area contributed by atoms with E-state index in [0.717, 1.165) is 56.2 Å². The second-order valence-corrected chi connectivity index (χ2v) is 13.3. The third-order valence-electron chi connectivity index (χ3n) is 8.64. The molecule has 4 nitrogen and oxygen atoms in total. The van der Waals surface area contributed by atoms with E-state index >= 15 is 0 Å². The lowest BCUT2D eigenvalue weighted by Crippen LogP contribution is -2.36. The first kappa shape index (κ1) is 31.9. The number of anilines is 6. The van der Waals surface area contributed by atoms with Gasteiger partial charge in [-0.1, -0.05) is 91.0 Å². The summed E-state index contributed by atoms with van der Waals surface area (Å²) in [7, 11) is 0. The summed E-state index contributed by atoms with van der Waals surface area (Å²) >= 11 is 1.68. The molecular weight excluding hydrogens is 617 g/mol. The first-order chi connectivity index (χ1) is 24.0. The minimum atomic E-state index is 0.666. The van der Waals surface area contributed by atoms with Crippen molar-refractivity contribution in [3.63, 3.8) is 0 Å². The van der Waals surface area contributed by atoms with Gasteiger partial charge in [-0.15, -0.1) is 11.8 Å².